The largest absolute Gasteiger partial charge is 0.288 e. The Morgan fingerprint density at radius 3 is 1.94 bits per heavy atom. The van der Waals surface area contributed by atoms with E-state index in [1.807, 2.05) is 12.1 Å². The van der Waals surface area contributed by atoms with Crippen LogP contribution >= 0.6 is 0 Å². The number of rotatable bonds is 1. The van der Waals surface area contributed by atoms with Gasteiger partial charge >= 0.3 is 0 Å². The van der Waals surface area contributed by atoms with Crippen LogP contribution in [0, 0.1) is 0 Å². The van der Waals surface area contributed by atoms with Gasteiger partial charge in [0, 0.05) is 22.0 Å². The number of carbonyl (C=O) groups excluding carboxylic acids is 2. The van der Waals surface area contributed by atoms with E-state index < -0.39 is 0 Å². The van der Waals surface area contributed by atoms with Gasteiger partial charge in [0.15, 0.2) is 0 Å². The molecule has 1 fully saturated rings. The number of fused-ring (bicyclic) bond motifs is 1. The number of Topliss-reactive ketones (excluding diaryl/α,β-unsaturated/α-hetero) is 2. The molecule has 0 radical (unpaired) electrons. The Hall–Kier alpha value is -1.09. The molecule has 0 bridgehead atoms. The fraction of sp³-hybridized carbons (Fsp3) is 0.385. The Labute approximate surface area is 97.4 Å². The minimum absolute atomic E-state index is 0.0119. The van der Waals surface area contributed by atoms with Gasteiger partial charge in [0.1, 0.15) is 11.5 Å². The zero-order chi connectivity index (χ0) is 11.1. The van der Waals surface area contributed by atoms with E-state index in [2.05, 4.69) is 0 Å². The normalized spacial score (nSPS) is 21.8. The number of carbonyl (C=O) groups is 2. The second-order valence-electron chi connectivity index (χ2n) is 4.31. The van der Waals surface area contributed by atoms with Crippen LogP contribution in [-0.2, 0) is 10.9 Å². The average molecular weight is 233 g/mol. The number of benzene rings is 1. The minimum Gasteiger partial charge on any atom is -0.288 e. The lowest BCUT2D eigenvalue weighted by atomic mass is 10.1. The molecule has 0 saturated carbocycles. The first kappa shape index (κ1) is 10.1. The van der Waals surface area contributed by atoms with E-state index in [9.17, 15) is 9.59 Å². The van der Waals surface area contributed by atoms with Gasteiger partial charge in [-0.1, -0.05) is 24.3 Å². The molecule has 1 aromatic rings. The maximum absolute atomic E-state index is 12.2. The van der Waals surface area contributed by atoms with Crippen LogP contribution in [0.5, 0.6) is 0 Å². The van der Waals surface area contributed by atoms with Gasteiger partial charge in [-0.2, -0.15) is 0 Å². The van der Waals surface area contributed by atoms with Crippen LogP contribution in [0.4, 0.5) is 0 Å². The molecule has 82 valence electrons. The summed E-state index contributed by atoms with van der Waals surface area (Å²) in [6, 6.07) is 7.25. The van der Waals surface area contributed by atoms with Crippen LogP contribution in [0.15, 0.2) is 24.3 Å². The SMILES string of the molecule is O=C1c2ccccc2C(=O)C1[S+]1CCCC1. The third-order valence-electron chi connectivity index (χ3n) is 3.33. The summed E-state index contributed by atoms with van der Waals surface area (Å²) in [4.78, 5) is 24.4. The summed E-state index contributed by atoms with van der Waals surface area (Å²) in [5, 5.41) is -0.333. The molecule has 1 saturated heterocycles. The Morgan fingerprint density at radius 2 is 1.44 bits per heavy atom. The van der Waals surface area contributed by atoms with Crippen molar-refractivity contribution in [3.8, 4) is 0 Å². The summed E-state index contributed by atoms with van der Waals surface area (Å²) in [5.41, 5.74) is 1.30. The van der Waals surface area contributed by atoms with Gasteiger partial charge in [-0.25, -0.2) is 0 Å². The van der Waals surface area contributed by atoms with Crippen molar-refractivity contribution in [2.24, 2.45) is 0 Å². The molecule has 2 nitrogen and oxygen atoms in total. The molecule has 0 N–H and O–H groups in total. The smallest absolute Gasteiger partial charge is 0.242 e. The lowest BCUT2D eigenvalue weighted by Crippen LogP contribution is -2.33. The van der Waals surface area contributed by atoms with E-state index in [-0.39, 0.29) is 27.7 Å². The summed E-state index contributed by atoms with van der Waals surface area (Å²) in [6.07, 6.45) is 2.35. The molecule has 0 atom stereocenters. The van der Waals surface area contributed by atoms with Crippen molar-refractivity contribution >= 4 is 22.5 Å². The first-order chi connectivity index (χ1) is 7.79. The van der Waals surface area contributed by atoms with Crippen molar-refractivity contribution in [2.75, 3.05) is 11.5 Å². The molecule has 1 aliphatic carbocycles. The second kappa shape index (κ2) is 3.74. The van der Waals surface area contributed by atoms with E-state index >= 15 is 0 Å². The topological polar surface area (TPSA) is 34.1 Å². The van der Waals surface area contributed by atoms with Crippen LogP contribution in [0.2, 0.25) is 0 Å². The van der Waals surface area contributed by atoms with Gasteiger partial charge in [-0.3, -0.25) is 9.59 Å². The minimum atomic E-state index is -0.333. The van der Waals surface area contributed by atoms with Gasteiger partial charge in [0.05, 0.1) is 0 Å². The predicted molar refractivity (Wildman–Crippen MR) is 65.2 cm³/mol. The Morgan fingerprint density at radius 1 is 0.938 bits per heavy atom. The van der Waals surface area contributed by atoms with Crippen molar-refractivity contribution in [1.82, 2.24) is 0 Å². The van der Waals surface area contributed by atoms with Crippen molar-refractivity contribution in [1.29, 1.82) is 0 Å². The molecule has 0 amide bonds. The van der Waals surface area contributed by atoms with Crippen molar-refractivity contribution in [2.45, 2.75) is 18.1 Å². The lowest BCUT2D eigenvalue weighted by Gasteiger charge is -2.05. The highest BCUT2D eigenvalue weighted by molar-refractivity contribution is 7.99. The maximum atomic E-state index is 12.2. The van der Waals surface area contributed by atoms with Crippen LogP contribution in [0.25, 0.3) is 0 Å². The molecule has 1 aliphatic heterocycles. The Bertz CT molecular complexity index is 426. The lowest BCUT2D eigenvalue weighted by molar-refractivity contribution is 0.0930. The maximum Gasteiger partial charge on any atom is 0.242 e. The zero-order valence-corrected chi connectivity index (χ0v) is 9.76. The first-order valence-corrected chi connectivity index (χ1v) is 7.25. The summed E-state index contributed by atoms with van der Waals surface area (Å²) < 4.78 is 0. The van der Waals surface area contributed by atoms with Gasteiger partial charge in [-0.15, -0.1) is 0 Å². The fourth-order valence-electron chi connectivity index (χ4n) is 2.53. The molecule has 16 heavy (non-hydrogen) atoms. The summed E-state index contributed by atoms with van der Waals surface area (Å²) >= 11 is 0. The predicted octanol–water partition coefficient (Wildman–Crippen LogP) is 1.85. The third-order valence-corrected chi connectivity index (χ3v) is 6.05. The summed E-state index contributed by atoms with van der Waals surface area (Å²) in [7, 11) is 0.0119. The van der Waals surface area contributed by atoms with E-state index in [1.54, 1.807) is 12.1 Å². The van der Waals surface area contributed by atoms with Crippen LogP contribution < -0.4 is 0 Å². The summed E-state index contributed by atoms with van der Waals surface area (Å²) in [5.74, 6) is 2.28. The van der Waals surface area contributed by atoms with Crippen LogP contribution in [0.3, 0.4) is 0 Å². The Kier molecular flexibility index (Phi) is 2.36. The molecule has 2 aliphatic rings. The molecule has 3 rings (SSSR count). The molecule has 0 unspecified atom stereocenters. The molecule has 3 heteroatoms. The number of hydrogen-bond acceptors (Lipinski definition) is 2. The molecule has 1 heterocycles. The van der Waals surface area contributed by atoms with E-state index in [4.69, 9.17) is 0 Å². The second-order valence-corrected chi connectivity index (χ2v) is 6.67. The molecule has 1 aromatic carbocycles. The van der Waals surface area contributed by atoms with Gasteiger partial charge in [0.2, 0.25) is 16.8 Å². The van der Waals surface area contributed by atoms with Crippen LogP contribution in [0.1, 0.15) is 33.6 Å². The summed E-state index contributed by atoms with van der Waals surface area (Å²) in [6.45, 7) is 0. The van der Waals surface area contributed by atoms with Gasteiger partial charge in [-0.05, 0) is 12.8 Å². The quantitative estimate of drug-likeness (QED) is 0.548. The van der Waals surface area contributed by atoms with Crippen molar-refractivity contribution in [3.63, 3.8) is 0 Å². The van der Waals surface area contributed by atoms with E-state index in [0.717, 1.165) is 11.5 Å². The van der Waals surface area contributed by atoms with Gasteiger partial charge < -0.3 is 0 Å². The highest BCUT2D eigenvalue weighted by atomic mass is 32.2. The third kappa shape index (κ3) is 1.34. The monoisotopic (exact) mass is 233 g/mol. The molecule has 0 spiro atoms. The fourth-order valence-corrected chi connectivity index (χ4v) is 5.21. The number of hydrogen-bond donors (Lipinski definition) is 0. The standard InChI is InChI=1S/C13H13O2S/c14-11-9-5-1-2-6-10(9)12(15)13(11)16-7-3-4-8-16/h1-2,5-6,13H,3-4,7-8H2/q+1. The molecule has 0 aromatic heterocycles. The molecular weight excluding hydrogens is 220 g/mol. The zero-order valence-electron chi connectivity index (χ0n) is 8.94. The van der Waals surface area contributed by atoms with E-state index in [1.165, 1.54) is 12.8 Å². The Balaban J connectivity index is 2.00. The molecular formula is C13H13O2S+. The van der Waals surface area contributed by atoms with Gasteiger partial charge in [0.25, 0.3) is 0 Å². The highest BCUT2D eigenvalue weighted by Crippen LogP contribution is 2.31. The van der Waals surface area contributed by atoms with E-state index in [0.29, 0.717) is 11.1 Å². The highest BCUT2D eigenvalue weighted by Gasteiger charge is 2.50. The average Bonchev–Trinajstić information content (AvgIpc) is 2.89. The first-order valence-electron chi connectivity index (χ1n) is 5.63. The van der Waals surface area contributed by atoms with Crippen molar-refractivity contribution < 1.29 is 9.59 Å². The van der Waals surface area contributed by atoms with Crippen molar-refractivity contribution in [3.05, 3.63) is 35.4 Å². The number of ketones is 2. The van der Waals surface area contributed by atoms with Crippen LogP contribution in [-0.4, -0.2) is 28.3 Å².